The molecule has 0 spiro atoms. The third-order valence-corrected chi connectivity index (χ3v) is 8.22. The number of nitrogens with zero attached hydrogens (tertiary/aromatic N) is 2. The molecule has 3 aromatic carbocycles. The van der Waals surface area contributed by atoms with Crippen LogP contribution in [-0.4, -0.2) is 49.9 Å². The van der Waals surface area contributed by atoms with Gasteiger partial charge in [0.2, 0.25) is 11.8 Å². The van der Waals surface area contributed by atoms with E-state index in [1.165, 1.54) is 4.90 Å². The van der Waals surface area contributed by atoms with E-state index < -0.39 is 39.9 Å². The quantitative estimate of drug-likeness (QED) is 0.300. The maximum atomic E-state index is 14.1. The average molecular weight is 598 g/mol. The molecule has 0 saturated heterocycles. The Morgan fingerprint density at radius 2 is 1.62 bits per heavy atom. The SMILES string of the molecule is CCOc1ccc(N(CC(=O)N(Cc2cccc(C)c2)[C@H](CC)C(=O)NC(C)(C)C)S(=O)(=O)c2ccc(F)cc2)cc1. The molecule has 0 aliphatic rings. The van der Waals surface area contributed by atoms with Gasteiger partial charge in [0.25, 0.3) is 10.0 Å². The van der Waals surface area contributed by atoms with Crippen LogP contribution < -0.4 is 14.4 Å². The van der Waals surface area contributed by atoms with Crippen LogP contribution in [0.4, 0.5) is 10.1 Å². The van der Waals surface area contributed by atoms with Crippen molar-refractivity contribution in [2.24, 2.45) is 0 Å². The normalized spacial score (nSPS) is 12.4. The topological polar surface area (TPSA) is 96.0 Å². The molecule has 8 nitrogen and oxygen atoms in total. The molecule has 0 heterocycles. The van der Waals surface area contributed by atoms with Crippen LogP contribution in [0.2, 0.25) is 0 Å². The van der Waals surface area contributed by atoms with Crippen LogP contribution in [0.25, 0.3) is 0 Å². The van der Waals surface area contributed by atoms with Gasteiger partial charge in [0.1, 0.15) is 24.2 Å². The first-order valence-electron chi connectivity index (χ1n) is 13.9. The standard InChI is InChI=1S/C32H40FN3O5S/c1-7-29(31(38)34-32(4,5)6)35(21-24-11-9-10-23(3)20-24)30(37)22-36(26-14-16-27(17-15-26)41-8-2)42(39,40)28-18-12-25(33)13-19-28/h9-20,29H,7-8,21-22H2,1-6H3,(H,34,38)/t29-/m1/s1. The summed E-state index contributed by atoms with van der Waals surface area (Å²) in [5.41, 5.74) is 1.48. The lowest BCUT2D eigenvalue weighted by Gasteiger charge is -2.34. The Bertz CT molecular complexity index is 1470. The molecule has 0 unspecified atom stereocenters. The highest BCUT2D eigenvalue weighted by atomic mass is 32.2. The summed E-state index contributed by atoms with van der Waals surface area (Å²) < 4.78 is 47.9. The molecule has 0 aliphatic heterocycles. The van der Waals surface area contributed by atoms with Crippen molar-refractivity contribution in [1.82, 2.24) is 10.2 Å². The number of carbonyl (C=O) groups is 2. The largest absolute Gasteiger partial charge is 0.494 e. The second kappa shape index (κ2) is 13.8. The van der Waals surface area contributed by atoms with Crippen molar-refractivity contribution in [1.29, 1.82) is 0 Å². The van der Waals surface area contributed by atoms with Crippen LogP contribution >= 0.6 is 0 Å². The number of hydrogen-bond donors (Lipinski definition) is 1. The molecule has 0 radical (unpaired) electrons. The number of halogens is 1. The molecule has 10 heteroatoms. The van der Waals surface area contributed by atoms with Gasteiger partial charge in [0.05, 0.1) is 17.2 Å². The van der Waals surface area contributed by atoms with Crippen molar-refractivity contribution in [3.63, 3.8) is 0 Å². The van der Waals surface area contributed by atoms with Crippen LogP contribution in [0.3, 0.4) is 0 Å². The summed E-state index contributed by atoms with van der Waals surface area (Å²) in [5.74, 6) is -0.942. The minimum atomic E-state index is -4.31. The van der Waals surface area contributed by atoms with Gasteiger partial charge in [-0.25, -0.2) is 12.8 Å². The van der Waals surface area contributed by atoms with Crippen molar-refractivity contribution in [2.75, 3.05) is 17.5 Å². The molecule has 3 aromatic rings. The molecule has 0 aromatic heterocycles. The first-order chi connectivity index (χ1) is 19.7. The minimum Gasteiger partial charge on any atom is -0.494 e. The van der Waals surface area contributed by atoms with Crippen molar-refractivity contribution in [3.8, 4) is 5.75 Å². The second-order valence-corrected chi connectivity index (χ2v) is 12.9. The van der Waals surface area contributed by atoms with Gasteiger partial charge in [0, 0.05) is 12.1 Å². The van der Waals surface area contributed by atoms with Crippen LogP contribution in [0.1, 0.15) is 52.2 Å². The van der Waals surface area contributed by atoms with Gasteiger partial charge < -0.3 is 15.0 Å². The Morgan fingerprint density at radius 3 is 2.17 bits per heavy atom. The molecular weight excluding hydrogens is 557 g/mol. The van der Waals surface area contributed by atoms with E-state index >= 15 is 0 Å². The highest BCUT2D eigenvalue weighted by Crippen LogP contribution is 2.27. The molecule has 42 heavy (non-hydrogen) atoms. The van der Waals surface area contributed by atoms with E-state index in [2.05, 4.69) is 5.32 Å². The number of nitrogens with one attached hydrogen (secondary N) is 1. The van der Waals surface area contributed by atoms with E-state index in [9.17, 15) is 22.4 Å². The zero-order valence-electron chi connectivity index (χ0n) is 25.1. The molecule has 0 saturated carbocycles. The van der Waals surface area contributed by atoms with Gasteiger partial charge in [-0.05, 0) is 95.1 Å². The van der Waals surface area contributed by atoms with Crippen LogP contribution in [0.15, 0.2) is 77.7 Å². The zero-order chi connectivity index (χ0) is 31.1. The Hall–Kier alpha value is -3.92. The molecule has 1 atom stereocenters. The molecule has 226 valence electrons. The molecular formula is C32H40FN3O5S. The summed E-state index contributed by atoms with van der Waals surface area (Å²) in [4.78, 5) is 28.8. The number of anilines is 1. The van der Waals surface area contributed by atoms with Crippen LogP contribution in [0, 0.1) is 12.7 Å². The lowest BCUT2D eigenvalue weighted by atomic mass is 10.0. The summed E-state index contributed by atoms with van der Waals surface area (Å²) in [7, 11) is -4.31. The number of amides is 2. The molecule has 0 aliphatic carbocycles. The van der Waals surface area contributed by atoms with E-state index in [0.29, 0.717) is 18.8 Å². The lowest BCUT2D eigenvalue weighted by Crippen LogP contribution is -2.55. The van der Waals surface area contributed by atoms with Crippen molar-refractivity contribution >= 4 is 27.5 Å². The van der Waals surface area contributed by atoms with Crippen molar-refractivity contribution < 1.29 is 27.1 Å². The Labute approximate surface area is 248 Å². The fraction of sp³-hybridized carbons (Fsp3) is 0.375. The van der Waals surface area contributed by atoms with Gasteiger partial charge in [-0.3, -0.25) is 13.9 Å². The fourth-order valence-electron chi connectivity index (χ4n) is 4.52. The van der Waals surface area contributed by atoms with Gasteiger partial charge >= 0.3 is 0 Å². The number of rotatable bonds is 12. The first-order valence-corrected chi connectivity index (χ1v) is 15.4. The Morgan fingerprint density at radius 1 is 0.976 bits per heavy atom. The van der Waals surface area contributed by atoms with Crippen molar-refractivity contribution in [2.45, 2.75) is 71.0 Å². The van der Waals surface area contributed by atoms with Gasteiger partial charge in [-0.2, -0.15) is 0 Å². The second-order valence-electron chi connectivity index (χ2n) is 11.1. The highest BCUT2D eigenvalue weighted by molar-refractivity contribution is 7.92. The number of sulfonamides is 1. The summed E-state index contributed by atoms with van der Waals surface area (Å²) >= 11 is 0. The fourth-order valence-corrected chi connectivity index (χ4v) is 5.93. The third-order valence-electron chi connectivity index (χ3n) is 6.44. The molecule has 0 fully saturated rings. The number of benzene rings is 3. The zero-order valence-corrected chi connectivity index (χ0v) is 25.9. The van der Waals surface area contributed by atoms with Gasteiger partial charge in [-0.15, -0.1) is 0 Å². The lowest BCUT2D eigenvalue weighted by molar-refractivity contribution is -0.141. The predicted octanol–water partition coefficient (Wildman–Crippen LogP) is 5.45. The summed E-state index contributed by atoms with van der Waals surface area (Å²) in [6, 6.07) is 17.5. The van der Waals surface area contributed by atoms with Gasteiger partial charge in [0.15, 0.2) is 0 Å². The minimum absolute atomic E-state index is 0.101. The number of aryl methyl sites for hydroxylation is 1. The van der Waals surface area contributed by atoms with Crippen molar-refractivity contribution in [3.05, 3.63) is 89.7 Å². The van der Waals surface area contributed by atoms with E-state index in [1.807, 2.05) is 65.8 Å². The smallest absolute Gasteiger partial charge is 0.264 e. The number of hydrogen-bond acceptors (Lipinski definition) is 5. The van der Waals surface area contributed by atoms with Gasteiger partial charge in [-0.1, -0.05) is 36.8 Å². The summed E-state index contributed by atoms with van der Waals surface area (Å²) in [6.07, 6.45) is 0.313. The maximum absolute atomic E-state index is 14.1. The molecule has 1 N–H and O–H groups in total. The number of ether oxygens (including phenoxy) is 1. The van der Waals surface area contributed by atoms with Crippen LogP contribution in [0.5, 0.6) is 5.75 Å². The van der Waals surface area contributed by atoms with E-state index in [4.69, 9.17) is 4.74 Å². The molecule has 2 amide bonds. The number of carbonyl (C=O) groups excluding carboxylic acids is 2. The van der Waals surface area contributed by atoms with E-state index in [0.717, 1.165) is 39.7 Å². The van der Waals surface area contributed by atoms with E-state index in [1.54, 1.807) is 24.3 Å². The van der Waals surface area contributed by atoms with Crippen LogP contribution in [-0.2, 0) is 26.2 Å². The first kappa shape index (κ1) is 32.6. The summed E-state index contributed by atoms with van der Waals surface area (Å²) in [6.45, 7) is 11.1. The average Bonchev–Trinajstić information content (AvgIpc) is 2.91. The maximum Gasteiger partial charge on any atom is 0.264 e. The monoisotopic (exact) mass is 597 g/mol. The Balaban J connectivity index is 2.08. The third kappa shape index (κ3) is 8.55. The molecule has 0 bridgehead atoms. The Kier molecular flexibility index (Phi) is 10.7. The highest BCUT2D eigenvalue weighted by Gasteiger charge is 2.34. The molecule has 3 rings (SSSR count). The van der Waals surface area contributed by atoms with E-state index in [-0.39, 0.29) is 23.0 Å². The summed E-state index contributed by atoms with van der Waals surface area (Å²) in [5, 5.41) is 2.95. The predicted molar refractivity (Wildman–Crippen MR) is 162 cm³/mol.